The van der Waals surface area contributed by atoms with Crippen molar-refractivity contribution >= 4 is 17.7 Å². The van der Waals surface area contributed by atoms with Gasteiger partial charge in [-0.2, -0.15) is 11.8 Å². The van der Waals surface area contributed by atoms with E-state index in [1.165, 1.54) is 37.9 Å². The van der Waals surface area contributed by atoms with Crippen LogP contribution in [-0.4, -0.2) is 48.5 Å². The van der Waals surface area contributed by atoms with Crippen molar-refractivity contribution < 1.29 is 0 Å². The van der Waals surface area contributed by atoms with Gasteiger partial charge < -0.3 is 10.2 Å². The van der Waals surface area contributed by atoms with E-state index < -0.39 is 0 Å². The number of aliphatic imine (C=N–C) groups is 1. The summed E-state index contributed by atoms with van der Waals surface area (Å²) in [5.74, 6) is 2.32. The first-order chi connectivity index (χ1) is 9.33. The molecule has 0 bridgehead atoms. The second-order valence-corrected chi connectivity index (χ2v) is 6.73. The van der Waals surface area contributed by atoms with E-state index in [4.69, 9.17) is 0 Å². The lowest BCUT2D eigenvalue weighted by molar-refractivity contribution is 0.408. The summed E-state index contributed by atoms with van der Waals surface area (Å²) in [7, 11) is 1.90. The van der Waals surface area contributed by atoms with E-state index >= 15 is 0 Å². The van der Waals surface area contributed by atoms with Crippen LogP contribution in [-0.2, 0) is 0 Å². The highest BCUT2D eigenvalue weighted by Crippen LogP contribution is 2.21. The molecule has 19 heavy (non-hydrogen) atoms. The van der Waals surface area contributed by atoms with E-state index in [-0.39, 0.29) is 0 Å². The van der Waals surface area contributed by atoms with Crippen LogP contribution in [0.1, 0.15) is 39.0 Å². The summed E-state index contributed by atoms with van der Waals surface area (Å²) in [6.45, 7) is 5.58. The van der Waals surface area contributed by atoms with Gasteiger partial charge in [0.25, 0.3) is 0 Å². The first kappa shape index (κ1) is 14.8. The standard InChI is InChI=1S/C15H27N3S/c1-3-14-12-18(10-11-19-14)15(16-2)17-9-8-13-6-4-5-7-13/h6,14H,3-5,7-12H2,1-2H3,(H,16,17). The lowest BCUT2D eigenvalue weighted by Gasteiger charge is -2.34. The molecule has 0 saturated carbocycles. The summed E-state index contributed by atoms with van der Waals surface area (Å²) in [5.41, 5.74) is 1.63. The quantitative estimate of drug-likeness (QED) is 0.488. The lowest BCUT2D eigenvalue weighted by Crippen LogP contribution is -2.48. The average Bonchev–Trinajstić information content (AvgIpc) is 2.97. The Morgan fingerprint density at radius 2 is 2.47 bits per heavy atom. The van der Waals surface area contributed by atoms with Gasteiger partial charge in [0.1, 0.15) is 0 Å². The van der Waals surface area contributed by atoms with Crippen molar-refractivity contribution in [2.75, 3.05) is 32.4 Å². The highest BCUT2D eigenvalue weighted by atomic mass is 32.2. The molecular formula is C15H27N3S. The van der Waals surface area contributed by atoms with Crippen LogP contribution in [0.5, 0.6) is 0 Å². The molecule has 0 amide bonds. The number of guanidine groups is 1. The van der Waals surface area contributed by atoms with Gasteiger partial charge in [-0.3, -0.25) is 4.99 Å². The number of hydrogen-bond acceptors (Lipinski definition) is 2. The summed E-state index contributed by atoms with van der Waals surface area (Å²) in [6, 6.07) is 0. The Kier molecular flexibility index (Phi) is 6.08. The minimum atomic E-state index is 0.768. The van der Waals surface area contributed by atoms with E-state index in [1.54, 1.807) is 5.57 Å². The predicted octanol–water partition coefficient (Wildman–Crippen LogP) is 2.89. The third-order valence-corrected chi connectivity index (χ3v) is 5.34. The van der Waals surface area contributed by atoms with Crippen LogP contribution in [0.3, 0.4) is 0 Å². The molecule has 2 aliphatic rings. The lowest BCUT2D eigenvalue weighted by atomic mass is 10.2. The van der Waals surface area contributed by atoms with Gasteiger partial charge in [0, 0.05) is 37.7 Å². The fraction of sp³-hybridized carbons (Fsp3) is 0.800. The van der Waals surface area contributed by atoms with Gasteiger partial charge >= 0.3 is 0 Å². The van der Waals surface area contributed by atoms with Crippen LogP contribution in [0, 0.1) is 0 Å². The van der Waals surface area contributed by atoms with Crippen LogP contribution < -0.4 is 5.32 Å². The van der Waals surface area contributed by atoms with Crippen LogP contribution in [0.2, 0.25) is 0 Å². The molecule has 1 N–H and O–H groups in total. The zero-order chi connectivity index (χ0) is 13.5. The Bertz CT molecular complexity index is 338. The molecule has 0 spiro atoms. The van der Waals surface area contributed by atoms with E-state index in [2.05, 4.69) is 40.0 Å². The zero-order valence-corrected chi connectivity index (χ0v) is 13.1. The molecule has 1 fully saturated rings. The highest BCUT2D eigenvalue weighted by molar-refractivity contribution is 8.00. The van der Waals surface area contributed by atoms with Gasteiger partial charge in [-0.15, -0.1) is 0 Å². The Morgan fingerprint density at radius 1 is 1.58 bits per heavy atom. The summed E-state index contributed by atoms with van der Waals surface area (Å²) in [5, 5.41) is 4.30. The minimum absolute atomic E-state index is 0.768. The Morgan fingerprint density at radius 3 is 3.16 bits per heavy atom. The van der Waals surface area contributed by atoms with E-state index in [0.29, 0.717) is 0 Å². The van der Waals surface area contributed by atoms with Gasteiger partial charge in [0.05, 0.1) is 0 Å². The van der Waals surface area contributed by atoms with Crippen molar-refractivity contribution in [3.8, 4) is 0 Å². The second kappa shape index (κ2) is 7.83. The maximum atomic E-state index is 4.45. The monoisotopic (exact) mass is 281 g/mol. The Labute approximate surface area is 121 Å². The summed E-state index contributed by atoms with van der Waals surface area (Å²) in [4.78, 5) is 6.87. The molecule has 0 aromatic heterocycles. The molecular weight excluding hydrogens is 254 g/mol. The molecule has 1 aliphatic heterocycles. The molecule has 0 aromatic carbocycles. The highest BCUT2D eigenvalue weighted by Gasteiger charge is 2.21. The van der Waals surface area contributed by atoms with Crippen molar-refractivity contribution in [3.63, 3.8) is 0 Å². The fourth-order valence-electron chi connectivity index (χ4n) is 2.79. The van der Waals surface area contributed by atoms with E-state index in [9.17, 15) is 0 Å². The molecule has 1 atom stereocenters. The molecule has 3 nitrogen and oxygen atoms in total. The van der Waals surface area contributed by atoms with Crippen molar-refractivity contribution in [2.24, 2.45) is 4.99 Å². The van der Waals surface area contributed by atoms with Gasteiger partial charge in [-0.1, -0.05) is 18.6 Å². The topological polar surface area (TPSA) is 27.6 Å². The number of thioether (sulfide) groups is 1. The largest absolute Gasteiger partial charge is 0.356 e. The number of allylic oxidation sites excluding steroid dienone is 1. The van der Waals surface area contributed by atoms with Gasteiger partial charge in [0.2, 0.25) is 0 Å². The first-order valence-corrected chi connectivity index (χ1v) is 8.63. The summed E-state index contributed by atoms with van der Waals surface area (Å²) >= 11 is 2.11. The predicted molar refractivity (Wildman–Crippen MR) is 86.0 cm³/mol. The molecule has 4 heteroatoms. The van der Waals surface area contributed by atoms with Gasteiger partial charge in [-0.05, 0) is 32.1 Å². The average molecular weight is 281 g/mol. The molecule has 1 saturated heterocycles. The number of nitrogens with one attached hydrogen (secondary N) is 1. The minimum Gasteiger partial charge on any atom is -0.356 e. The maximum absolute atomic E-state index is 4.45. The second-order valence-electron chi connectivity index (χ2n) is 5.33. The van der Waals surface area contributed by atoms with Gasteiger partial charge in [0.15, 0.2) is 5.96 Å². The molecule has 2 rings (SSSR count). The molecule has 1 unspecified atom stereocenters. The van der Waals surface area contributed by atoms with Crippen LogP contribution in [0.4, 0.5) is 0 Å². The summed E-state index contributed by atoms with van der Waals surface area (Å²) in [6.07, 6.45) is 8.79. The SMILES string of the molecule is CCC1CN(C(=NC)NCCC2=CCCC2)CCS1. The third-order valence-electron chi connectivity index (χ3n) is 3.97. The van der Waals surface area contributed by atoms with E-state index in [0.717, 1.165) is 30.8 Å². The maximum Gasteiger partial charge on any atom is 0.193 e. The fourth-order valence-corrected chi connectivity index (χ4v) is 3.97. The van der Waals surface area contributed by atoms with Crippen molar-refractivity contribution in [2.45, 2.75) is 44.3 Å². The van der Waals surface area contributed by atoms with Crippen molar-refractivity contribution in [1.82, 2.24) is 10.2 Å². The number of rotatable bonds is 4. The third kappa shape index (κ3) is 4.44. The van der Waals surface area contributed by atoms with Crippen LogP contribution in [0.25, 0.3) is 0 Å². The first-order valence-electron chi connectivity index (χ1n) is 7.58. The number of hydrogen-bond donors (Lipinski definition) is 1. The summed E-state index contributed by atoms with van der Waals surface area (Å²) < 4.78 is 0. The normalized spacial score (nSPS) is 24.5. The van der Waals surface area contributed by atoms with Gasteiger partial charge in [-0.25, -0.2) is 0 Å². The van der Waals surface area contributed by atoms with Crippen LogP contribution in [0.15, 0.2) is 16.6 Å². The Hall–Kier alpha value is -0.640. The molecule has 108 valence electrons. The number of nitrogens with zero attached hydrogens (tertiary/aromatic N) is 2. The molecule has 0 radical (unpaired) electrons. The van der Waals surface area contributed by atoms with E-state index in [1.807, 2.05) is 7.05 Å². The zero-order valence-electron chi connectivity index (χ0n) is 12.3. The van der Waals surface area contributed by atoms with Crippen molar-refractivity contribution in [1.29, 1.82) is 0 Å². The smallest absolute Gasteiger partial charge is 0.193 e. The molecule has 0 aromatic rings. The van der Waals surface area contributed by atoms with Crippen molar-refractivity contribution in [3.05, 3.63) is 11.6 Å². The molecule has 1 heterocycles. The van der Waals surface area contributed by atoms with Crippen LogP contribution >= 0.6 is 11.8 Å². The Balaban J connectivity index is 1.76. The molecule has 1 aliphatic carbocycles.